The minimum atomic E-state index is -3.08. The van der Waals surface area contributed by atoms with Gasteiger partial charge in [-0.1, -0.05) is 38.5 Å². The Morgan fingerprint density at radius 1 is 1.32 bits per heavy atom. The first-order chi connectivity index (χ1) is 8.95. The van der Waals surface area contributed by atoms with Crippen LogP contribution in [0.1, 0.15) is 45.2 Å². The lowest BCUT2D eigenvalue weighted by Gasteiger charge is -2.31. The Bertz CT molecular complexity index is 539. The Balaban J connectivity index is 2.26. The second kappa shape index (κ2) is 5.63. The highest BCUT2D eigenvalue weighted by atomic mass is 32.2. The molecule has 0 amide bonds. The summed E-state index contributed by atoms with van der Waals surface area (Å²) in [4.78, 5) is 0.509. The van der Waals surface area contributed by atoms with Crippen LogP contribution < -0.4 is 5.32 Å². The van der Waals surface area contributed by atoms with Gasteiger partial charge in [-0.2, -0.15) is 0 Å². The van der Waals surface area contributed by atoms with Crippen molar-refractivity contribution >= 4 is 9.84 Å². The minimum absolute atomic E-state index is 0.156. The molecule has 0 saturated carbocycles. The van der Waals surface area contributed by atoms with Crippen molar-refractivity contribution in [2.24, 2.45) is 5.92 Å². The second-order valence-electron chi connectivity index (χ2n) is 5.54. The third kappa shape index (κ3) is 3.00. The van der Waals surface area contributed by atoms with Crippen molar-refractivity contribution in [1.29, 1.82) is 0 Å². The topological polar surface area (TPSA) is 46.2 Å². The summed E-state index contributed by atoms with van der Waals surface area (Å²) in [7, 11) is -3.08. The first-order valence-electron chi connectivity index (χ1n) is 7.03. The standard InChI is InChI=1S/C15H23NO2S/c1-4-11(2)12(3)16-14-9-10-19(17,18)15-8-6-5-7-13(14)15/h5-8,11-12,14,16H,4,9-10H2,1-3H3. The third-order valence-corrected chi connectivity index (χ3v) is 6.08. The molecule has 0 aromatic heterocycles. The molecule has 0 fully saturated rings. The quantitative estimate of drug-likeness (QED) is 0.923. The van der Waals surface area contributed by atoms with Gasteiger partial charge in [0.25, 0.3) is 0 Å². The van der Waals surface area contributed by atoms with Gasteiger partial charge in [0, 0.05) is 12.1 Å². The zero-order chi connectivity index (χ0) is 14.0. The first kappa shape index (κ1) is 14.5. The van der Waals surface area contributed by atoms with Gasteiger partial charge in [0.05, 0.1) is 10.6 Å². The largest absolute Gasteiger partial charge is 0.307 e. The molecule has 0 bridgehead atoms. The van der Waals surface area contributed by atoms with Crippen molar-refractivity contribution in [3.8, 4) is 0 Å². The normalized spacial score (nSPS) is 24.5. The van der Waals surface area contributed by atoms with Gasteiger partial charge in [-0.3, -0.25) is 0 Å². The molecule has 0 spiro atoms. The Kier molecular flexibility index (Phi) is 4.31. The summed E-state index contributed by atoms with van der Waals surface area (Å²) in [6.07, 6.45) is 1.79. The van der Waals surface area contributed by atoms with Crippen molar-refractivity contribution in [2.75, 3.05) is 5.75 Å². The molecule has 3 unspecified atom stereocenters. The number of sulfone groups is 1. The lowest BCUT2D eigenvalue weighted by Crippen LogP contribution is -2.38. The summed E-state index contributed by atoms with van der Waals surface area (Å²) in [6, 6.07) is 7.94. The average Bonchev–Trinajstić information content (AvgIpc) is 2.41. The van der Waals surface area contributed by atoms with Crippen LogP contribution in [0.4, 0.5) is 0 Å². The molecule has 106 valence electrons. The maximum atomic E-state index is 12.1. The molecule has 19 heavy (non-hydrogen) atoms. The fourth-order valence-corrected chi connectivity index (χ4v) is 4.22. The Hall–Kier alpha value is -0.870. The molecule has 1 aromatic rings. The van der Waals surface area contributed by atoms with Gasteiger partial charge < -0.3 is 5.32 Å². The number of benzene rings is 1. The van der Waals surface area contributed by atoms with Crippen molar-refractivity contribution in [1.82, 2.24) is 5.32 Å². The maximum Gasteiger partial charge on any atom is 0.178 e. The van der Waals surface area contributed by atoms with E-state index in [1.165, 1.54) is 0 Å². The summed E-state index contributed by atoms with van der Waals surface area (Å²) in [5.41, 5.74) is 0.934. The van der Waals surface area contributed by atoms with E-state index in [2.05, 4.69) is 26.1 Å². The molecule has 1 aliphatic rings. The van der Waals surface area contributed by atoms with Gasteiger partial charge in [0.15, 0.2) is 9.84 Å². The van der Waals surface area contributed by atoms with Gasteiger partial charge >= 0.3 is 0 Å². The van der Waals surface area contributed by atoms with Gasteiger partial charge in [-0.25, -0.2) is 8.42 Å². The van der Waals surface area contributed by atoms with Crippen LogP contribution >= 0.6 is 0 Å². The minimum Gasteiger partial charge on any atom is -0.307 e. The Labute approximate surface area is 116 Å². The average molecular weight is 281 g/mol. The molecule has 0 radical (unpaired) electrons. The predicted molar refractivity (Wildman–Crippen MR) is 77.9 cm³/mol. The lowest BCUT2D eigenvalue weighted by atomic mass is 9.97. The molecule has 0 aliphatic carbocycles. The summed E-state index contributed by atoms with van der Waals surface area (Å²) in [6.45, 7) is 6.59. The summed E-state index contributed by atoms with van der Waals surface area (Å²) >= 11 is 0. The molecule has 2 rings (SSSR count). The zero-order valence-corrected chi connectivity index (χ0v) is 12.7. The molecule has 1 heterocycles. The van der Waals surface area contributed by atoms with Crippen molar-refractivity contribution < 1.29 is 8.42 Å². The molecule has 1 aromatic carbocycles. The van der Waals surface area contributed by atoms with Crippen LogP contribution in [0.25, 0.3) is 0 Å². The summed E-state index contributed by atoms with van der Waals surface area (Å²) < 4.78 is 24.1. The zero-order valence-electron chi connectivity index (χ0n) is 11.9. The number of rotatable bonds is 4. The number of nitrogens with one attached hydrogen (secondary N) is 1. The van der Waals surface area contributed by atoms with Crippen LogP contribution in [0.3, 0.4) is 0 Å². The van der Waals surface area contributed by atoms with E-state index in [0.717, 1.165) is 12.0 Å². The fourth-order valence-electron chi connectivity index (χ4n) is 2.60. The van der Waals surface area contributed by atoms with Gasteiger partial charge in [0.1, 0.15) is 0 Å². The van der Waals surface area contributed by atoms with Gasteiger partial charge in [0.2, 0.25) is 0 Å². The molecular weight excluding hydrogens is 258 g/mol. The van der Waals surface area contributed by atoms with E-state index >= 15 is 0 Å². The van der Waals surface area contributed by atoms with Crippen LogP contribution in [0, 0.1) is 5.92 Å². The van der Waals surface area contributed by atoms with Gasteiger partial charge in [-0.15, -0.1) is 0 Å². The molecule has 1 aliphatic heterocycles. The fraction of sp³-hybridized carbons (Fsp3) is 0.600. The van der Waals surface area contributed by atoms with Crippen LogP contribution in [-0.2, 0) is 9.84 Å². The smallest absolute Gasteiger partial charge is 0.178 e. The van der Waals surface area contributed by atoms with Crippen molar-refractivity contribution in [3.63, 3.8) is 0 Å². The lowest BCUT2D eigenvalue weighted by molar-refractivity contribution is 0.341. The maximum absolute atomic E-state index is 12.1. The van der Waals surface area contributed by atoms with Crippen LogP contribution in [0.15, 0.2) is 29.2 Å². The second-order valence-corrected chi connectivity index (χ2v) is 7.62. The highest BCUT2D eigenvalue weighted by molar-refractivity contribution is 7.91. The monoisotopic (exact) mass is 281 g/mol. The molecule has 3 nitrogen and oxygen atoms in total. The van der Waals surface area contributed by atoms with E-state index < -0.39 is 9.84 Å². The van der Waals surface area contributed by atoms with E-state index in [9.17, 15) is 8.42 Å². The van der Waals surface area contributed by atoms with E-state index in [0.29, 0.717) is 23.3 Å². The SMILES string of the molecule is CCC(C)C(C)NC1CCS(=O)(=O)c2ccccc21. The predicted octanol–water partition coefficient (Wildman–Crippen LogP) is 2.93. The molecule has 1 N–H and O–H groups in total. The highest BCUT2D eigenvalue weighted by Crippen LogP contribution is 2.32. The van der Waals surface area contributed by atoms with E-state index in [4.69, 9.17) is 0 Å². The molecule has 0 saturated heterocycles. The Morgan fingerprint density at radius 3 is 2.68 bits per heavy atom. The van der Waals surface area contributed by atoms with Crippen molar-refractivity contribution in [2.45, 2.75) is 50.6 Å². The van der Waals surface area contributed by atoms with E-state index in [-0.39, 0.29) is 11.8 Å². The summed E-state index contributed by atoms with van der Waals surface area (Å²) in [5, 5.41) is 3.60. The van der Waals surface area contributed by atoms with E-state index in [1.54, 1.807) is 12.1 Å². The number of fused-ring (bicyclic) bond motifs is 1. The Morgan fingerprint density at radius 2 is 2.00 bits per heavy atom. The van der Waals surface area contributed by atoms with Gasteiger partial charge in [-0.05, 0) is 30.9 Å². The third-order valence-electron chi connectivity index (χ3n) is 4.27. The number of hydrogen-bond acceptors (Lipinski definition) is 3. The van der Waals surface area contributed by atoms with Crippen LogP contribution in [0.2, 0.25) is 0 Å². The first-order valence-corrected chi connectivity index (χ1v) is 8.68. The number of hydrogen-bond donors (Lipinski definition) is 1. The van der Waals surface area contributed by atoms with Crippen molar-refractivity contribution in [3.05, 3.63) is 29.8 Å². The van der Waals surface area contributed by atoms with Crippen LogP contribution in [0.5, 0.6) is 0 Å². The van der Waals surface area contributed by atoms with E-state index in [1.807, 2.05) is 12.1 Å². The summed E-state index contributed by atoms with van der Waals surface area (Å²) in [5.74, 6) is 0.834. The highest BCUT2D eigenvalue weighted by Gasteiger charge is 2.30. The molecule has 3 atom stereocenters. The molecular formula is C15H23NO2S. The molecule has 4 heteroatoms. The van der Waals surface area contributed by atoms with Crippen LogP contribution in [-0.4, -0.2) is 20.2 Å².